The second-order valence-corrected chi connectivity index (χ2v) is 6.12. The lowest BCUT2D eigenvalue weighted by molar-refractivity contribution is 0.268. The van der Waals surface area contributed by atoms with Crippen LogP contribution in [0.2, 0.25) is 0 Å². The molecule has 1 aromatic carbocycles. The fraction of sp³-hybridized carbons (Fsp3) is 0.455. The summed E-state index contributed by atoms with van der Waals surface area (Å²) in [5, 5.41) is 20.9. The van der Waals surface area contributed by atoms with E-state index in [9.17, 15) is 13.5 Å². The van der Waals surface area contributed by atoms with Gasteiger partial charge in [-0.1, -0.05) is 0 Å². The summed E-state index contributed by atoms with van der Waals surface area (Å²) in [6, 6.07) is 4.42. The van der Waals surface area contributed by atoms with Crippen molar-refractivity contribution in [3.8, 4) is 0 Å². The molecule has 0 amide bonds. The maximum Gasteiger partial charge on any atom is 0.206 e. The second-order valence-electron chi connectivity index (χ2n) is 3.90. The molecule has 0 saturated carbocycles. The van der Waals surface area contributed by atoms with Gasteiger partial charge in [0.25, 0.3) is 0 Å². The number of nitrogens with two attached hydrogens (primary N) is 1. The lowest BCUT2D eigenvalue weighted by Crippen LogP contribution is -2.19. The van der Waals surface area contributed by atoms with Gasteiger partial charge in [0.15, 0.2) is 5.44 Å². The van der Waals surface area contributed by atoms with E-state index in [1.807, 2.05) is 0 Å². The minimum absolute atomic E-state index is 0.0143. The Morgan fingerprint density at radius 1 is 1.44 bits per heavy atom. The van der Waals surface area contributed by atoms with Crippen molar-refractivity contribution in [2.75, 3.05) is 24.2 Å². The van der Waals surface area contributed by atoms with Crippen molar-refractivity contribution in [3.63, 3.8) is 0 Å². The van der Waals surface area contributed by atoms with Crippen LogP contribution in [0.5, 0.6) is 0 Å². The SMILES string of the molecule is CC(O)S(=O)(=O)c1cc(N)ccc1NCCCO. The Kier molecular flexibility index (Phi) is 4.94. The zero-order valence-electron chi connectivity index (χ0n) is 10.1. The molecule has 1 atom stereocenters. The van der Waals surface area contributed by atoms with Crippen LogP contribution >= 0.6 is 0 Å². The molecule has 7 heteroatoms. The van der Waals surface area contributed by atoms with Crippen molar-refractivity contribution < 1.29 is 18.6 Å². The van der Waals surface area contributed by atoms with Gasteiger partial charge in [-0.15, -0.1) is 0 Å². The fourth-order valence-corrected chi connectivity index (χ4v) is 2.52. The number of benzene rings is 1. The molecular weight excluding hydrogens is 256 g/mol. The zero-order chi connectivity index (χ0) is 13.8. The molecule has 1 aromatic rings. The third-order valence-corrected chi connectivity index (χ3v) is 4.26. The highest BCUT2D eigenvalue weighted by molar-refractivity contribution is 7.92. The summed E-state index contributed by atoms with van der Waals surface area (Å²) < 4.78 is 23.9. The predicted molar refractivity (Wildman–Crippen MR) is 69.9 cm³/mol. The van der Waals surface area contributed by atoms with Crippen LogP contribution in [0.15, 0.2) is 23.1 Å². The molecule has 0 aliphatic heterocycles. The first kappa shape index (κ1) is 14.7. The standard InChI is InChI=1S/C11H18N2O4S/c1-8(15)18(16,17)11-7-9(12)3-4-10(11)13-5-2-6-14/h3-4,7-8,13-15H,2,5-6,12H2,1H3. The first-order valence-electron chi connectivity index (χ1n) is 5.56. The van der Waals surface area contributed by atoms with E-state index in [-0.39, 0.29) is 11.5 Å². The van der Waals surface area contributed by atoms with E-state index in [1.165, 1.54) is 13.0 Å². The predicted octanol–water partition coefficient (Wildman–Crippen LogP) is 0.175. The van der Waals surface area contributed by atoms with Gasteiger partial charge in [-0.05, 0) is 31.5 Å². The number of hydrogen-bond donors (Lipinski definition) is 4. The topological polar surface area (TPSA) is 113 Å². The second kappa shape index (κ2) is 6.03. The summed E-state index contributed by atoms with van der Waals surface area (Å²) in [4.78, 5) is -0.0320. The molecule has 0 aliphatic rings. The summed E-state index contributed by atoms with van der Waals surface area (Å²) in [6.45, 7) is 1.64. The minimum atomic E-state index is -3.82. The number of anilines is 2. The number of aliphatic hydroxyl groups excluding tert-OH is 2. The summed E-state index contributed by atoms with van der Waals surface area (Å²) >= 11 is 0. The van der Waals surface area contributed by atoms with Gasteiger partial charge in [0.2, 0.25) is 9.84 Å². The van der Waals surface area contributed by atoms with Crippen molar-refractivity contribution in [1.29, 1.82) is 0 Å². The molecule has 0 fully saturated rings. The van der Waals surface area contributed by atoms with Crippen LogP contribution < -0.4 is 11.1 Å². The Bertz CT molecular complexity index is 500. The molecule has 0 spiro atoms. The number of nitrogen functional groups attached to an aromatic ring is 1. The third-order valence-electron chi connectivity index (χ3n) is 2.41. The van der Waals surface area contributed by atoms with Gasteiger partial charge in [0, 0.05) is 18.8 Å². The molecule has 6 nitrogen and oxygen atoms in total. The highest BCUT2D eigenvalue weighted by Crippen LogP contribution is 2.26. The van der Waals surface area contributed by atoms with Gasteiger partial charge in [-0.25, -0.2) is 8.42 Å². The molecule has 0 aromatic heterocycles. The van der Waals surface area contributed by atoms with Gasteiger partial charge in [-0.2, -0.15) is 0 Å². The molecule has 18 heavy (non-hydrogen) atoms. The molecule has 0 bridgehead atoms. The van der Waals surface area contributed by atoms with E-state index in [4.69, 9.17) is 10.8 Å². The molecule has 0 saturated heterocycles. The van der Waals surface area contributed by atoms with Crippen LogP contribution in [0.1, 0.15) is 13.3 Å². The molecule has 0 aliphatic carbocycles. The zero-order valence-corrected chi connectivity index (χ0v) is 10.9. The van der Waals surface area contributed by atoms with Gasteiger partial charge in [0.1, 0.15) is 0 Å². The highest BCUT2D eigenvalue weighted by atomic mass is 32.2. The number of rotatable bonds is 6. The number of hydrogen-bond acceptors (Lipinski definition) is 6. The molecule has 102 valence electrons. The van der Waals surface area contributed by atoms with E-state index >= 15 is 0 Å². The molecule has 5 N–H and O–H groups in total. The Hall–Kier alpha value is -1.31. The van der Waals surface area contributed by atoms with E-state index in [0.717, 1.165) is 0 Å². The van der Waals surface area contributed by atoms with Gasteiger partial charge in [0.05, 0.1) is 10.6 Å². The first-order chi connectivity index (χ1) is 8.39. The van der Waals surface area contributed by atoms with Crippen LogP contribution in [0.3, 0.4) is 0 Å². The lowest BCUT2D eigenvalue weighted by Gasteiger charge is -2.14. The Labute approximate surface area is 106 Å². The van der Waals surface area contributed by atoms with Crippen molar-refractivity contribution in [1.82, 2.24) is 0 Å². The van der Waals surface area contributed by atoms with Crippen molar-refractivity contribution in [2.45, 2.75) is 23.7 Å². The summed E-state index contributed by atoms with van der Waals surface area (Å²) in [5.74, 6) is 0. The quantitative estimate of drug-likeness (QED) is 0.434. The van der Waals surface area contributed by atoms with E-state index in [0.29, 0.717) is 24.3 Å². The van der Waals surface area contributed by atoms with Crippen LogP contribution in [-0.4, -0.2) is 37.2 Å². The van der Waals surface area contributed by atoms with Crippen molar-refractivity contribution in [2.24, 2.45) is 0 Å². The summed E-state index contributed by atoms with van der Waals surface area (Å²) in [6.07, 6.45) is 0.499. The Morgan fingerprint density at radius 3 is 2.67 bits per heavy atom. The number of aliphatic hydroxyl groups is 2. The fourth-order valence-electron chi connectivity index (χ4n) is 1.41. The number of sulfone groups is 1. The van der Waals surface area contributed by atoms with E-state index in [2.05, 4.69) is 5.32 Å². The van der Waals surface area contributed by atoms with Crippen molar-refractivity contribution >= 4 is 21.2 Å². The van der Waals surface area contributed by atoms with Crippen molar-refractivity contribution in [3.05, 3.63) is 18.2 Å². The minimum Gasteiger partial charge on any atom is -0.399 e. The number of nitrogens with one attached hydrogen (secondary N) is 1. The van der Waals surface area contributed by atoms with Gasteiger partial charge >= 0.3 is 0 Å². The molecule has 0 radical (unpaired) electrons. The maximum atomic E-state index is 11.9. The van der Waals surface area contributed by atoms with Crippen LogP contribution in [-0.2, 0) is 9.84 Å². The first-order valence-corrected chi connectivity index (χ1v) is 7.10. The molecule has 1 unspecified atom stereocenters. The van der Waals surface area contributed by atoms with E-state index in [1.54, 1.807) is 12.1 Å². The van der Waals surface area contributed by atoms with Crippen LogP contribution in [0.25, 0.3) is 0 Å². The average molecular weight is 274 g/mol. The molecular formula is C11H18N2O4S. The largest absolute Gasteiger partial charge is 0.399 e. The maximum absolute atomic E-state index is 11.9. The van der Waals surface area contributed by atoms with Gasteiger partial charge in [-0.3, -0.25) is 0 Å². The van der Waals surface area contributed by atoms with E-state index < -0.39 is 15.3 Å². The summed E-state index contributed by atoms with van der Waals surface area (Å²) in [7, 11) is -3.82. The highest BCUT2D eigenvalue weighted by Gasteiger charge is 2.24. The Morgan fingerprint density at radius 2 is 2.11 bits per heavy atom. The Balaban J connectivity index is 3.12. The molecule has 0 heterocycles. The smallest absolute Gasteiger partial charge is 0.206 e. The summed E-state index contributed by atoms with van der Waals surface area (Å²) in [5.41, 5.74) is 4.74. The normalized spacial score (nSPS) is 13.3. The van der Waals surface area contributed by atoms with Crippen LogP contribution in [0, 0.1) is 0 Å². The third kappa shape index (κ3) is 3.34. The average Bonchev–Trinajstić information content (AvgIpc) is 2.31. The van der Waals surface area contributed by atoms with Crippen LogP contribution in [0.4, 0.5) is 11.4 Å². The molecule has 1 rings (SSSR count). The lowest BCUT2D eigenvalue weighted by atomic mass is 10.3. The monoisotopic (exact) mass is 274 g/mol. The van der Waals surface area contributed by atoms with Gasteiger partial charge < -0.3 is 21.3 Å².